The highest BCUT2D eigenvalue weighted by atomic mass is 79.9. The van der Waals surface area contributed by atoms with Crippen LogP contribution in [-0.2, 0) is 0 Å². The molecule has 0 atom stereocenters. The highest BCUT2D eigenvalue weighted by molar-refractivity contribution is 9.10. The minimum absolute atomic E-state index is 0.650. The smallest absolute Gasteiger partial charge is 0.537 e. The van der Waals surface area contributed by atoms with Crippen molar-refractivity contribution in [3.63, 3.8) is 0 Å². The van der Waals surface area contributed by atoms with Gasteiger partial charge in [0.2, 0.25) is 0 Å². The molecule has 0 aliphatic heterocycles. The van der Waals surface area contributed by atoms with Crippen LogP contribution < -0.4 is 4.65 Å². The van der Waals surface area contributed by atoms with Gasteiger partial charge in [0.25, 0.3) is 0 Å². The Morgan fingerprint density at radius 1 is 1.21 bits per heavy atom. The van der Waals surface area contributed by atoms with Crippen LogP contribution in [0, 0.1) is 0 Å². The highest BCUT2D eigenvalue weighted by Gasteiger charge is 2.01. The number of fused-ring (bicyclic) bond motifs is 1. The molecule has 0 heterocycles. The van der Waals surface area contributed by atoms with E-state index in [-0.39, 0.29) is 0 Å². The molecular weight excluding hydrogens is 243 g/mol. The predicted molar refractivity (Wildman–Crippen MR) is 60.2 cm³/mol. The maximum atomic E-state index is 8.58. The third-order valence-corrected chi connectivity index (χ3v) is 2.48. The molecule has 2 aromatic carbocycles. The molecule has 69 valence electrons. The summed E-state index contributed by atoms with van der Waals surface area (Å²) in [6.45, 7) is 0. The summed E-state index contributed by atoms with van der Waals surface area (Å²) in [5.74, 6) is 0.650. The molecule has 0 amide bonds. The van der Waals surface area contributed by atoms with Gasteiger partial charge >= 0.3 is 7.69 Å². The topological polar surface area (TPSA) is 29.5 Å². The van der Waals surface area contributed by atoms with Crippen molar-refractivity contribution in [2.75, 3.05) is 0 Å². The first-order chi connectivity index (χ1) is 6.81. The highest BCUT2D eigenvalue weighted by Crippen LogP contribution is 2.27. The standard InChI is InChI=1S/C10H7BBrO2/c12-8-4-5-9-7(6-8)2-1-3-10(9)14-11-13/h1-6,13H. The van der Waals surface area contributed by atoms with Crippen molar-refractivity contribution in [3.8, 4) is 5.75 Å². The van der Waals surface area contributed by atoms with E-state index in [1.54, 1.807) is 0 Å². The zero-order chi connectivity index (χ0) is 9.97. The molecule has 0 saturated heterocycles. The molecule has 0 spiro atoms. The van der Waals surface area contributed by atoms with Crippen LogP contribution in [0.1, 0.15) is 0 Å². The van der Waals surface area contributed by atoms with Gasteiger partial charge in [-0.05, 0) is 29.7 Å². The van der Waals surface area contributed by atoms with Crippen molar-refractivity contribution in [1.29, 1.82) is 0 Å². The maximum absolute atomic E-state index is 8.58. The molecule has 0 aliphatic carbocycles. The van der Waals surface area contributed by atoms with Gasteiger partial charge in [0, 0.05) is 9.86 Å². The summed E-state index contributed by atoms with van der Waals surface area (Å²) < 4.78 is 6.00. The second-order valence-electron chi connectivity index (χ2n) is 2.84. The van der Waals surface area contributed by atoms with Gasteiger partial charge in [-0.15, -0.1) is 0 Å². The fraction of sp³-hybridized carbons (Fsp3) is 0. The van der Waals surface area contributed by atoms with Crippen molar-refractivity contribution >= 4 is 34.4 Å². The Labute approximate surface area is 90.9 Å². The zero-order valence-corrected chi connectivity index (χ0v) is 8.86. The van der Waals surface area contributed by atoms with Gasteiger partial charge in [0.15, 0.2) is 0 Å². The average molecular weight is 250 g/mol. The summed E-state index contributed by atoms with van der Waals surface area (Å²) in [5.41, 5.74) is 0. The molecule has 0 saturated carbocycles. The molecule has 0 fully saturated rings. The second-order valence-corrected chi connectivity index (χ2v) is 3.76. The zero-order valence-electron chi connectivity index (χ0n) is 7.27. The molecular formula is C10H7BBrO2. The first-order valence-electron chi connectivity index (χ1n) is 4.12. The first kappa shape index (κ1) is 9.56. The molecule has 0 aliphatic rings. The maximum Gasteiger partial charge on any atom is 0.569 e. The molecule has 14 heavy (non-hydrogen) atoms. The first-order valence-corrected chi connectivity index (χ1v) is 4.91. The van der Waals surface area contributed by atoms with Crippen LogP contribution in [-0.4, -0.2) is 12.7 Å². The average Bonchev–Trinajstić information content (AvgIpc) is 2.18. The number of hydrogen-bond donors (Lipinski definition) is 1. The van der Waals surface area contributed by atoms with E-state index in [4.69, 9.17) is 9.68 Å². The van der Waals surface area contributed by atoms with Crippen molar-refractivity contribution < 1.29 is 9.68 Å². The van der Waals surface area contributed by atoms with Gasteiger partial charge in [0.1, 0.15) is 5.75 Å². The lowest BCUT2D eigenvalue weighted by Gasteiger charge is -2.06. The second kappa shape index (κ2) is 4.03. The summed E-state index contributed by atoms with van der Waals surface area (Å²) >= 11 is 3.40. The molecule has 1 radical (unpaired) electrons. The quantitative estimate of drug-likeness (QED) is 0.829. The Morgan fingerprint density at radius 3 is 2.86 bits per heavy atom. The number of hydrogen-bond acceptors (Lipinski definition) is 2. The number of halogens is 1. The minimum Gasteiger partial charge on any atom is -0.537 e. The summed E-state index contributed by atoms with van der Waals surface area (Å²) in [6, 6.07) is 11.6. The van der Waals surface area contributed by atoms with E-state index in [1.165, 1.54) is 0 Å². The van der Waals surface area contributed by atoms with Crippen LogP contribution in [0.5, 0.6) is 5.75 Å². The van der Waals surface area contributed by atoms with Gasteiger partial charge in [-0.3, -0.25) is 0 Å². The molecule has 2 aromatic rings. The summed E-state index contributed by atoms with van der Waals surface area (Å²) in [5, 5.41) is 10.6. The van der Waals surface area contributed by atoms with Crippen molar-refractivity contribution in [3.05, 3.63) is 40.9 Å². The van der Waals surface area contributed by atoms with E-state index < -0.39 is 0 Å². The Morgan fingerprint density at radius 2 is 2.07 bits per heavy atom. The molecule has 0 aromatic heterocycles. The van der Waals surface area contributed by atoms with Gasteiger partial charge in [-0.1, -0.05) is 28.1 Å². The lowest BCUT2D eigenvalue weighted by Crippen LogP contribution is -1.99. The van der Waals surface area contributed by atoms with Crippen molar-refractivity contribution in [2.45, 2.75) is 0 Å². The van der Waals surface area contributed by atoms with Crippen molar-refractivity contribution in [1.82, 2.24) is 0 Å². The van der Waals surface area contributed by atoms with Crippen molar-refractivity contribution in [2.24, 2.45) is 0 Å². The fourth-order valence-electron chi connectivity index (χ4n) is 1.38. The molecule has 0 bridgehead atoms. The Kier molecular flexibility index (Phi) is 2.75. The summed E-state index contributed by atoms with van der Waals surface area (Å²) in [7, 11) is 0.691. The van der Waals surface area contributed by atoms with Crippen LogP contribution in [0.15, 0.2) is 40.9 Å². The van der Waals surface area contributed by atoms with E-state index in [2.05, 4.69) is 15.9 Å². The van der Waals surface area contributed by atoms with Gasteiger partial charge < -0.3 is 9.68 Å². The monoisotopic (exact) mass is 249 g/mol. The number of rotatable bonds is 2. The molecule has 1 N–H and O–H groups in total. The van der Waals surface area contributed by atoms with E-state index in [1.807, 2.05) is 36.4 Å². The molecule has 2 rings (SSSR count). The lowest BCUT2D eigenvalue weighted by atomic mass is 10.1. The van der Waals surface area contributed by atoms with Crippen LogP contribution in [0.2, 0.25) is 0 Å². The Balaban J connectivity index is 2.62. The fourth-order valence-corrected chi connectivity index (χ4v) is 1.76. The molecule has 4 heteroatoms. The van der Waals surface area contributed by atoms with Crippen LogP contribution in [0.3, 0.4) is 0 Å². The minimum atomic E-state index is 0.650. The molecule has 2 nitrogen and oxygen atoms in total. The van der Waals surface area contributed by atoms with E-state index >= 15 is 0 Å². The van der Waals surface area contributed by atoms with Crippen LogP contribution in [0.25, 0.3) is 10.8 Å². The third kappa shape index (κ3) is 1.76. The summed E-state index contributed by atoms with van der Waals surface area (Å²) in [6.07, 6.45) is 0. The molecule has 0 unspecified atom stereocenters. The van der Waals surface area contributed by atoms with Gasteiger partial charge in [-0.25, -0.2) is 0 Å². The normalized spacial score (nSPS) is 10.1. The van der Waals surface area contributed by atoms with Gasteiger partial charge in [0.05, 0.1) is 0 Å². The SMILES string of the molecule is O[B]Oc1cccc2cc(Br)ccc12. The largest absolute Gasteiger partial charge is 0.569 e. The lowest BCUT2D eigenvalue weighted by molar-refractivity contribution is 0.457. The predicted octanol–water partition coefficient (Wildman–Crippen LogP) is 2.51. The Bertz CT molecular complexity index is 459. The van der Waals surface area contributed by atoms with Gasteiger partial charge in [-0.2, -0.15) is 0 Å². The Hall–Kier alpha value is -0.995. The third-order valence-electron chi connectivity index (χ3n) is 1.98. The van der Waals surface area contributed by atoms with E-state index in [9.17, 15) is 0 Å². The van der Waals surface area contributed by atoms with E-state index in [0.29, 0.717) is 13.4 Å². The number of benzene rings is 2. The summed E-state index contributed by atoms with van der Waals surface area (Å²) in [4.78, 5) is 0. The van der Waals surface area contributed by atoms with Crippen LogP contribution >= 0.6 is 15.9 Å². The van der Waals surface area contributed by atoms with Crippen LogP contribution in [0.4, 0.5) is 0 Å². The van der Waals surface area contributed by atoms with E-state index in [0.717, 1.165) is 15.2 Å².